The van der Waals surface area contributed by atoms with E-state index >= 15 is 0 Å². The lowest BCUT2D eigenvalue weighted by atomic mass is 10.1. The number of aromatic nitrogens is 1. The Kier molecular flexibility index (Phi) is 5.98. The van der Waals surface area contributed by atoms with E-state index in [1.807, 2.05) is 37.3 Å². The molecule has 0 radical (unpaired) electrons. The predicted molar refractivity (Wildman–Crippen MR) is 108 cm³/mol. The summed E-state index contributed by atoms with van der Waals surface area (Å²) in [4.78, 5) is 29.5. The first-order chi connectivity index (χ1) is 13.1. The highest BCUT2D eigenvalue weighted by Gasteiger charge is 2.18. The lowest BCUT2D eigenvalue weighted by Crippen LogP contribution is -2.11. The average Bonchev–Trinajstić information content (AvgIpc) is 3.11. The van der Waals surface area contributed by atoms with Crippen LogP contribution in [-0.4, -0.2) is 23.3 Å². The molecule has 1 aromatic heterocycles. The second kappa shape index (κ2) is 8.60. The number of nitrogens with zero attached hydrogens (tertiary/aromatic N) is 1. The van der Waals surface area contributed by atoms with Gasteiger partial charge in [-0.3, -0.25) is 14.9 Å². The summed E-state index contributed by atoms with van der Waals surface area (Å²) in [5.74, 6) is 0.373. The van der Waals surface area contributed by atoms with Gasteiger partial charge in [0.05, 0.1) is 17.2 Å². The van der Waals surface area contributed by atoms with Gasteiger partial charge in [0.2, 0.25) is 0 Å². The molecule has 0 atom stereocenters. The number of rotatable bonds is 7. The van der Waals surface area contributed by atoms with E-state index in [4.69, 9.17) is 4.74 Å². The lowest BCUT2D eigenvalue weighted by molar-refractivity contribution is 0.101. The van der Waals surface area contributed by atoms with Crippen LogP contribution in [0.3, 0.4) is 0 Å². The number of carbonyl (C=O) groups excluding carboxylic acids is 2. The Hall–Kier alpha value is -2.99. The largest absolute Gasteiger partial charge is 0.494 e. The number of thiazole rings is 1. The molecule has 0 aliphatic carbocycles. The summed E-state index contributed by atoms with van der Waals surface area (Å²) in [5, 5.41) is 3.18. The zero-order valence-electron chi connectivity index (χ0n) is 15.2. The molecule has 0 aliphatic rings. The highest BCUT2D eigenvalue weighted by Crippen LogP contribution is 2.31. The zero-order chi connectivity index (χ0) is 19.2. The van der Waals surface area contributed by atoms with Crippen molar-refractivity contribution in [3.05, 3.63) is 65.0 Å². The topological polar surface area (TPSA) is 68.3 Å². The number of anilines is 1. The first-order valence-electron chi connectivity index (χ1n) is 8.70. The van der Waals surface area contributed by atoms with Crippen molar-refractivity contribution >= 4 is 28.2 Å². The fourth-order valence-electron chi connectivity index (χ4n) is 2.50. The molecule has 0 unspecified atom stereocenters. The maximum Gasteiger partial charge on any atom is 0.257 e. The van der Waals surface area contributed by atoms with E-state index in [2.05, 4.69) is 10.3 Å². The SMILES string of the molecule is CCCOc1ccc(C(=O)Nc2nc(-c3ccccc3)c(C(C)=O)s2)cc1. The van der Waals surface area contributed by atoms with E-state index in [0.29, 0.717) is 27.9 Å². The molecule has 0 spiro atoms. The van der Waals surface area contributed by atoms with Gasteiger partial charge in [-0.1, -0.05) is 48.6 Å². The molecule has 5 nitrogen and oxygen atoms in total. The number of hydrogen-bond donors (Lipinski definition) is 1. The van der Waals surface area contributed by atoms with E-state index in [1.54, 1.807) is 24.3 Å². The molecule has 1 heterocycles. The Morgan fingerprint density at radius 1 is 1.07 bits per heavy atom. The third kappa shape index (κ3) is 4.60. The fraction of sp³-hybridized carbons (Fsp3) is 0.190. The van der Waals surface area contributed by atoms with E-state index in [1.165, 1.54) is 18.3 Å². The summed E-state index contributed by atoms with van der Waals surface area (Å²) in [6.45, 7) is 4.18. The zero-order valence-corrected chi connectivity index (χ0v) is 16.0. The maximum absolute atomic E-state index is 12.5. The highest BCUT2D eigenvalue weighted by molar-refractivity contribution is 7.18. The summed E-state index contributed by atoms with van der Waals surface area (Å²) >= 11 is 1.18. The van der Waals surface area contributed by atoms with Crippen LogP contribution in [0.4, 0.5) is 5.13 Å². The van der Waals surface area contributed by atoms with Crippen molar-refractivity contribution in [2.45, 2.75) is 20.3 Å². The summed E-state index contributed by atoms with van der Waals surface area (Å²) in [6, 6.07) is 16.4. The summed E-state index contributed by atoms with van der Waals surface area (Å²) < 4.78 is 5.52. The molecule has 0 aliphatic heterocycles. The number of nitrogens with one attached hydrogen (secondary N) is 1. The molecule has 1 amide bonds. The van der Waals surface area contributed by atoms with E-state index in [-0.39, 0.29) is 11.7 Å². The monoisotopic (exact) mass is 380 g/mol. The quantitative estimate of drug-likeness (QED) is 0.582. The third-order valence-corrected chi connectivity index (χ3v) is 4.88. The van der Waals surface area contributed by atoms with Crippen LogP contribution in [0, 0.1) is 0 Å². The Balaban J connectivity index is 1.79. The van der Waals surface area contributed by atoms with Crippen molar-refractivity contribution in [1.29, 1.82) is 0 Å². The van der Waals surface area contributed by atoms with Crippen molar-refractivity contribution in [3.63, 3.8) is 0 Å². The van der Waals surface area contributed by atoms with Crippen molar-refractivity contribution in [3.8, 4) is 17.0 Å². The fourth-order valence-corrected chi connectivity index (χ4v) is 3.37. The molecular formula is C21H20N2O3S. The predicted octanol–water partition coefficient (Wildman–Crippen LogP) is 5.05. The maximum atomic E-state index is 12.5. The minimum atomic E-state index is -0.277. The second-order valence-corrected chi connectivity index (χ2v) is 6.94. The Bertz CT molecular complexity index is 934. The Morgan fingerprint density at radius 3 is 2.41 bits per heavy atom. The standard InChI is InChI=1S/C21H20N2O3S/c1-3-13-26-17-11-9-16(10-12-17)20(25)23-21-22-18(19(27-21)14(2)24)15-7-5-4-6-8-15/h4-12H,3,13H2,1-2H3,(H,22,23,25). The van der Waals surface area contributed by atoms with E-state index in [9.17, 15) is 9.59 Å². The van der Waals surface area contributed by atoms with Gasteiger partial charge in [0.1, 0.15) is 5.75 Å². The van der Waals surface area contributed by atoms with Crippen molar-refractivity contribution in [2.24, 2.45) is 0 Å². The Labute approximate surface area is 162 Å². The molecule has 0 saturated heterocycles. The molecule has 27 heavy (non-hydrogen) atoms. The van der Waals surface area contributed by atoms with Crippen LogP contribution in [0.1, 0.15) is 40.3 Å². The molecule has 6 heteroatoms. The van der Waals surface area contributed by atoms with Crippen LogP contribution >= 0.6 is 11.3 Å². The van der Waals surface area contributed by atoms with Crippen LogP contribution in [0.25, 0.3) is 11.3 Å². The van der Waals surface area contributed by atoms with Gasteiger partial charge in [0.25, 0.3) is 5.91 Å². The van der Waals surface area contributed by atoms with Gasteiger partial charge in [0.15, 0.2) is 10.9 Å². The van der Waals surface area contributed by atoms with E-state index in [0.717, 1.165) is 17.7 Å². The molecule has 138 valence electrons. The smallest absolute Gasteiger partial charge is 0.257 e. The van der Waals surface area contributed by atoms with E-state index < -0.39 is 0 Å². The summed E-state index contributed by atoms with van der Waals surface area (Å²) in [6.07, 6.45) is 0.925. The van der Waals surface area contributed by atoms with Crippen molar-refractivity contribution in [1.82, 2.24) is 4.98 Å². The van der Waals surface area contributed by atoms with Crippen LogP contribution in [0.15, 0.2) is 54.6 Å². The van der Waals surface area contributed by atoms with Crippen LogP contribution in [-0.2, 0) is 0 Å². The molecule has 3 aromatic rings. The minimum absolute atomic E-state index is 0.0794. The number of benzene rings is 2. The Morgan fingerprint density at radius 2 is 1.78 bits per heavy atom. The van der Waals surface area contributed by atoms with Crippen molar-refractivity contribution < 1.29 is 14.3 Å². The second-order valence-electron chi connectivity index (χ2n) is 5.95. The normalized spacial score (nSPS) is 10.4. The van der Waals surface area contributed by atoms with Gasteiger partial charge in [-0.05, 0) is 30.7 Å². The number of hydrogen-bond acceptors (Lipinski definition) is 5. The van der Waals surface area contributed by atoms with Gasteiger partial charge in [0, 0.05) is 18.1 Å². The van der Waals surface area contributed by atoms with Crippen LogP contribution in [0.2, 0.25) is 0 Å². The van der Waals surface area contributed by atoms with Gasteiger partial charge in [-0.25, -0.2) is 4.98 Å². The van der Waals surface area contributed by atoms with Gasteiger partial charge in [-0.15, -0.1) is 0 Å². The summed E-state index contributed by atoms with van der Waals surface area (Å²) in [7, 11) is 0. The van der Waals surface area contributed by atoms with Gasteiger partial charge >= 0.3 is 0 Å². The van der Waals surface area contributed by atoms with Crippen LogP contribution < -0.4 is 10.1 Å². The number of carbonyl (C=O) groups is 2. The van der Waals surface area contributed by atoms with Crippen molar-refractivity contribution in [2.75, 3.05) is 11.9 Å². The molecule has 0 bridgehead atoms. The number of ether oxygens (including phenoxy) is 1. The molecule has 1 N–H and O–H groups in total. The molecule has 0 fully saturated rings. The lowest BCUT2D eigenvalue weighted by Gasteiger charge is -2.05. The summed E-state index contributed by atoms with van der Waals surface area (Å²) in [5.41, 5.74) is 1.93. The van der Waals surface area contributed by atoms with Gasteiger partial charge < -0.3 is 4.74 Å². The number of Topliss-reactive ketones (excluding diaryl/α,β-unsaturated/α-hetero) is 1. The van der Waals surface area contributed by atoms with Gasteiger partial charge in [-0.2, -0.15) is 0 Å². The average molecular weight is 380 g/mol. The molecule has 0 saturated carbocycles. The number of amides is 1. The number of ketones is 1. The molecular weight excluding hydrogens is 360 g/mol. The first-order valence-corrected chi connectivity index (χ1v) is 9.51. The highest BCUT2D eigenvalue weighted by atomic mass is 32.1. The first kappa shape index (κ1) is 18.8. The van der Waals surface area contributed by atoms with Crippen LogP contribution in [0.5, 0.6) is 5.75 Å². The molecule has 3 rings (SSSR count). The minimum Gasteiger partial charge on any atom is -0.494 e. The third-order valence-electron chi connectivity index (χ3n) is 3.80. The molecule has 2 aromatic carbocycles.